The van der Waals surface area contributed by atoms with Gasteiger partial charge in [0, 0.05) is 56.6 Å². The third-order valence-electron chi connectivity index (χ3n) is 6.09. The third-order valence-corrected chi connectivity index (χ3v) is 6.09. The predicted molar refractivity (Wildman–Crippen MR) is 131 cm³/mol. The molecule has 0 aliphatic carbocycles. The number of aryl methyl sites for hydroxylation is 1. The Morgan fingerprint density at radius 1 is 0.824 bits per heavy atom. The first kappa shape index (κ1) is 22.2. The molecule has 0 radical (unpaired) electrons. The smallest absolute Gasteiger partial charge is 0.253 e. The van der Waals surface area contributed by atoms with Crippen LogP contribution in [0.5, 0.6) is 11.5 Å². The van der Waals surface area contributed by atoms with Crippen molar-refractivity contribution in [2.75, 3.05) is 62.3 Å². The standard InChI is InChI=1S/C26H29N5O3/c1-20-19-24(28-26(27-20)31-15-17-33-18-16-31)29-11-13-30(14-12-29)25(32)21-7-9-23(10-8-21)34-22-5-3-2-4-6-22/h2-10,19H,11-18H2,1H3. The summed E-state index contributed by atoms with van der Waals surface area (Å²) >= 11 is 0. The molecule has 2 aliphatic rings. The van der Waals surface area contributed by atoms with Crippen LogP contribution < -0.4 is 14.5 Å². The molecule has 8 nitrogen and oxygen atoms in total. The van der Waals surface area contributed by atoms with E-state index in [0.29, 0.717) is 37.6 Å². The van der Waals surface area contributed by atoms with Crippen LogP contribution in [0.3, 0.4) is 0 Å². The largest absolute Gasteiger partial charge is 0.457 e. The van der Waals surface area contributed by atoms with Crippen LogP contribution in [0, 0.1) is 6.92 Å². The van der Waals surface area contributed by atoms with Gasteiger partial charge in [-0.3, -0.25) is 4.79 Å². The molecule has 0 N–H and O–H groups in total. The van der Waals surface area contributed by atoms with Crippen molar-refractivity contribution in [3.05, 3.63) is 71.9 Å². The van der Waals surface area contributed by atoms with E-state index in [9.17, 15) is 4.79 Å². The second-order valence-corrected chi connectivity index (χ2v) is 8.49. The maximum atomic E-state index is 13.0. The SMILES string of the molecule is Cc1cc(N2CCN(C(=O)c3ccc(Oc4ccccc4)cc3)CC2)nc(N2CCOCC2)n1. The fourth-order valence-corrected chi connectivity index (χ4v) is 4.21. The van der Waals surface area contributed by atoms with Crippen LogP contribution in [0.2, 0.25) is 0 Å². The molecule has 0 saturated carbocycles. The average Bonchev–Trinajstić information content (AvgIpc) is 2.90. The van der Waals surface area contributed by atoms with Crippen molar-refractivity contribution in [1.82, 2.24) is 14.9 Å². The molecule has 0 bridgehead atoms. The van der Waals surface area contributed by atoms with Crippen LogP contribution >= 0.6 is 0 Å². The summed E-state index contributed by atoms with van der Waals surface area (Å²) in [5, 5.41) is 0. The van der Waals surface area contributed by atoms with Crippen LogP contribution in [0.4, 0.5) is 11.8 Å². The van der Waals surface area contributed by atoms with E-state index in [2.05, 4.69) is 14.8 Å². The quantitative estimate of drug-likeness (QED) is 0.579. The number of aromatic nitrogens is 2. The molecule has 1 amide bonds. The van der Waals surface area contributed by atoms with Gasteiger partial charge in [-0.25, -0.2) is 4.98 Å². The van der Waals surface area contributed by atoms with Crippen LogP contribution in [0.1, 0.15) is 16.1 Å². The number of morpholine rings is 1. The molecule has 5 rings (SSSR count). The minimum atomic E-state index is 0.0405. The monoisotopic (exact) mass is 459 g/mol. The Morgan fingerprint density at radius 2 is 1.50 bits per heavy atom. The van der Waals surface area contributed by atoms with Crippen molar-refractivity contribution in [1.29, 1.82) is 0 Å². The van der Waals surface area contributed by atoms with Crippen LogP contribution in [-0.4, -0.2) is 73.3 Å². The van der Waals surface area contributed by atoms with Crippen molar-refractivity contribution >= 4 is 17.7 Å². The highest BCUT2D eigenvalue weighted by molar-refractivity contribution is 5.94. The topological polar surface area (TPSA) is 71.0 Å². The lowest BCUT2D eigenvalue weighted by atomic mass is 10.1. The van der Waals surface area contributed by atoms with Gasteiger partial charge in [0.25, 0.3) is 5.91 Å². The highest BCUT2D eigenvalue weighted by Crippen LogP contribution is 2.23. The average molecular weight is 460 g/mol. The predicted octanol–water partition coefficient (Wildman–Crippen LogP) is 3.38. The zero-order valence-electron chi connectivity index (χ0n) is 19.4. The van der Waals surface area contributed by atoms with E-state index in [-0.39, 0.29) is 5.91 Å². The lowest BCUT2D eigenvalue weighted by Crippen LogP contribution is -2.49. The van der Waals surface area contributed by atoms with Gasteiger partial charge in [0.2, 0.25) is 5.95 Å². The number of rotatable bonds is 5. The summed E-state index contributed by atoms with van der Waals surface area (Å²) in [6, 6.07) is 19.0. The van der Waals surface area contributed by atoms with Gasteiger partial charge in [0.05, 0.1) is 13.2 Å². The third kappa shape index (κ3) is 5.12. The zero-order chi connectivity index (χ0) is 23.3. The van der Waals surface area contributed by atoms with Gasteiger partial charge in [-0.1, -0.05) is 18.2 Å². The molecule has 8 heteroatoms. The number of hydrogen-bond acceptors (Lipinski definition) is 7. The van der Waals surface area contributed by atoms with E-state index < -0.39 is 0 Å². The van der Waals surface area contributed by atoms with Crippen molar-refractivity contribution in [3.63, 3.8) is 0 Å². The minimum Gasteiger partial charge on any atom is -0.457 e. The number of para-hydroxylation sites is 1. The highest BCUT2D eigenvalue weighted by atomic mass is 16.5. The molecule has 2 aromatic carbocycles. The number of benzene rings is 2. The Balaban J connectivity index is 1.20. The molecule has 0 unspecified atom stereocenters. The van der Waals surface area contributed by atoms with Crippen molar-refractivity contribution in [2.45, 2.75) is 6.92 Å². The van der Waals surface area contributed by atoms with E-state index in [0.717, 1.165) is 49.4 Å². The normalized spacial score (nSPS) is 16.4. The maximum absolute atomic E-state index is 13.0. The molecule has 0 spiro atoms. The summed E-state index contributed by atoms with van der Waals surface area (Å²) in [6.07, 6.45) is 0. The van der Waals surface area contributed by atoms with E-state index in [4.69, 9.17) is 14.5 Å². The summed E-state index contributed by atoms with van der Waals surface area (Å²) < 4.78 is 11.3. The van der Waals surface area contributed by atoms with E-state index in [1.54, 1.807) is 0 Å². The molecule has 3 heterocycles. The Labute approximate surface area is 199 Å². The first-order valence-electron chi connectivity index (χ1n) is 11.7. The van der Waals surface area contributed by atoms with Crippen molar-refractivity contribution < 1.29 is 14.3 Å². The number of nitrogens with zero attached hydrogens (tertiary/aromatic N) is 5. The Hall–Kier alpha value is -3.65. The fraction of sp³-hybridized carbons (Fsp3) is 0.346. The Bertz CT molecular complexity index is 1110. The molecule has 0 atom stereocenters. The summed E-state index contributed by atoms with van der Waals surface area (Å²) in [5.74, 6) is 3.20. The summed E-state index contributed by atoms with van der Waals surface area (Å²) in [7, 11) is 0. The lowest BCUT2D eigenvalue weighted by molar-refractivity contribution is 0.0746. The first-order valence-corrected chi connectivity index (χ1v) is 11.7. The van der Waals surface area contributed by atoms with E-state index in [1.165, 1.54) is 0 Å². The van der Waals surface area contributed by atoms with Gasteiger partial charge in [-0.15, -0.1) is 0 Å². The zero-order valence-corrected chi connectivity index (χ0v) is 19.4. The summed E-state index contributed by atoms with van der Waals surface area (Å²) in [4.78, 5) is 28.8. The second-order valence-electron chi connectivity index (χ2n) is 8.49. The number of carbonyl (C=O) groups is 1. The van der Waals surface area contributed by atoms with Gasteiger partial charge in [0.15, 0.2) is 0 Å². The van der Waals surface area contributed by atoms with Crippen molar-refractivity contribution in [3.8, 4) is 11.5 Å². The summed E-state index contributed by atoms with van der Waals surface area (Å²) in [6.45, 7) is 7.79. The summed E-state index contributed by atoms with van der Waals surface area (Å²) in [5.41, 5.74) is 1.61. The van der Waals surface area contributed by atoms with Gasteiger partial charge in [0.1, 0.15) is 17.3 Å². The molecular weight excluding hydrogens is 430 g/mol. The van der Waals surface area contributed by atoms with Crippen LogP contribution in [-0.2, 0) is 4.74 Å². The highest BCUT2D eigenvalue weighted by Gasteiger charge is 2.24. The molecule has 2 fully saturated rings. The molecule has 1 aromatic heterocycles. The minimum absolute atomic E-state index is 0.0405. The van der Waals surface area contributed by atoms with Gasteiger partial charge >= 0.3 is 0 Å². The first-order chi connectivity index (χ1) is 16.7. The maximum Gasteiger partial charge on any atom is 0.253 e. The van der Waals surface area contributed by atoms with Crippen molar-refractivity contribution in [2.24, 2.45) is 0 Å². The number of amides is 1. The van der Waals surface area contributed by atoms with Crippen LogP contribution in [0.25, 0.3) is 0 Å². The van der Waals surface area contributed by atoms with Gasteiger partial charge in [-0.05, 0) is 43.3 Å². The number of carbonyl (C=O) groups excluding carboxylic acids is 1. The molecule has 2 aliphatic heterocycles. The Morgan fingerprint density at radius 3 is 2.21 bits per heavy atom. The number of hydrogen-bond donors (Lipinski definition) is 0. The Kier molecular flexibility index (Phi) is 6.58. The molecule has 34 heavy (non-hydrogen) atoms. The van der Waals surface area contributed by atoms with Crippen LogP contribution in [0.15, 0.2) is 60.7 Å². The van der Waals surface area contributed by atoms with E-state index in [1.807, 2.05) is 72.5 Å². The molecule has 176 valence electrons. The lowest BCUT2D eigenvalue weighted by Gasteiger charge is -2.36. The molecule has 3 aromatic rings. The fourth-order valence-electron chi connectivity index (χ4n) is 4.21. The second kappa shape index (κ2) is 10.1. The van der Waals surface area contributed by atoms with E-state index >= 15 is 0 Å². The molecule has 2 saturated heterocycles. The number of ether oxygens (including phenoxy) is 2. The van der Waals surface area contributed by atoms with Gasteiger partial charge in [-0.2, -0.15) is 4.98 Å². The number of piperazine rings is 1. The van der Waals surface area contributed by atoms with Gasteiger partial charge < -0.3 is 24.2 Å². The molecular formula is C26H29N5O3. The number of anilines is 2.